The molecule has 0 heterocycles. The highest BCUT2D eigenvalue weighted by atomic mass is 16.6. The van der Waals surface area contributed by atoms with Gasteiger partial charge in [0.15, 0.2) is 0 Å². The predicted octanol–water partition coefficient (Wildman–Crippen LogP) is 1.28. The van der Waals surface area contributed by atoms with Crippen LogP contribution in [0.5, 0.6) is 0 Å². The maximum absolute atomic E-state index is 10.8. The van der Waals surface area contributed by atoms with Crippen LogP contribution in [0.25, 0.3) is 0 Å². The van der Waals surface area contributed by atoms with Crippen LogP contribution in [0.3, 0.4) is 0 Å². The molecule has 2 N–H and O–H groups in total. The molecule has 0 radical (unpaired) electrons. The van der Waals surface area contributed by atoms with Crippen molar-refractivity contribution in [2.24, 2.45) is 0 Å². The number of carboxylic acid groups (broad SMARTS) is 1. The van der Waals surface area contributed by atoms with Crippen molar-refractivity contribution in [1.29, 1.82) is 0 Å². The van der Waals surface area contributed by atoms with Crippen molar-refractivity contribution >= 4 is 11.7 Å². The number of hydrogen-bond acceptors (Lipinski definition) is 4. The minimum atomic E-state index is -1.09. The molecule has 1 aromatic carbocycles. The lowest BCUT2D eigenvalue weighted by Gasteiger charge is -2.10. The molecule has 0 amide bonds. The zero-order valence-electron chi connectivity index (χ0n) is 8.58. The van der Waals surface area contributed by atoms with E-state index in [0.717, 1.165) is 0 Å². The smallest absolute Gasteiger partial charge is 0.310 e. The minimum Gasteiger partial charge on any atom is -0.481 e. The first-order chi connectivity index (χ1) is 7.47. The van der Waals surface area contributed by atoms with Gasteiger partial charge in [-0.25, -0.2) is 0 Å². The number of aliphatic carboxylic acids is 1. The number of rotatable bonds is 4. The third-order valence-electron chi connectivity index (χ3n) is 2.35. The number of non-ortho nitro benzene ring substituents is 1. The van der Waals surface area contributed by atoms with Gasteiger partial charge in [-0.2, -0.15) is 0 Å². The van der Waals surface area contributed by atoms with Crippen molar-refractivity contribution in [3.05, 3.63) is 39.4 Å². The number of nitro benzene ring substituents is 1. The number of nitro groups is 1. The number of carbonyl (C=O) groups is 1. The zero-order valence-corrected chi connectivity index (χ0v) is 8.58. The highest BCUT2D eigenvalue weighted by molar-refractivity contribution is 5.76. The molecular weight excluding hydrogens is 214 g/mol. The van der Waals surface area contributed by atoms with Gasteiger partial charge in [-0.15, -0.1) is 0 Å². The summed E-state index contributed by atoms with van der Waals surface area (Å²) in [4.78, 5) is 20.7. The van der Waals surface area contributed by atoms with Gasteiger partial charge < -0.3 is 10.2 Å². The molecule has 1 aromatic rings. The Bertz CT molecular complexity index is 429. The average molecular weight is 225 g/mol. The first kappa shape index (κ1) is 12.1. The molecular formula is C10H11NO5. The summed E-state index contributed by atoms with van der Waals surface area (Å²) in [6.45, 7) is 1.07. The first-order valence-electron chi connectivity index (χ1n) is 4.58. The fraction of sp³-hybridized carbons (Fsp3) is 0.300. The molecule has 1 rings (SSSR count). The van der Waals surface area contributed by atoms with Crippen molar-refractivity contribution in [2.75, 3.05) is 0 Å². The summed E-state index contributed by atoms with van der Waals surface area (Å²) in [5, 5.41) is 28.4. The Labute approximate surface area is 91.3 Å². The summed E-state index contributed by atoms with van der Waals surface area (Å²) in [6.07, 6.45) is 0. The van der Waals surface area contributed by atoms with Crippen molar-refractivity contribution in [3.8, 4) is 0 Å². The van der Waals surface area contributed by atoms with E-state index in [4.69, 9.17) is 10.2 Å². The third kappa shape index (κ3) is 2.34. The average Bonchev–Trinajstić information content (AvgIpc) is 2.26. The third-order valence-corrected chi connectivity index (χ3v) is 2.35. The van der Waals surface area contributed by atoms with Gasteiger partial charge in [0.25, 0.3) is 5.69 Å². The zero-order chi connectivity index (χ0) is 12.3. The van der Waals surface area contributed by atoms with E-state index in [1.54, 1.807) is 0 Å². The van der Waals surface area contributed by atoms with Gasteiger partial charge in [0.1, 0.15) is 0 Å². The van der Waals surface area contributed by atoms with Gasteiger partial charge in [-0.05, 0) is 24.1 Å². The van der Waals surface area contributed by atoms with Crippen LogP contribution in [-0.2, 0) is 11.4 Å². The lowest BCUT2D eigenvalue weighted by molar-refractivity contribution is -0.384. The van der Waals surface area contributed by atoms with Gasteiger partial charge >= 0.3 is 5.97 Å². The molecule has 0 spiro atoms. The first-order valence-corrected chi connectivity index (χ1v) is 4.58. The summed E-state index contributed by atoms with van der Waals surface area (Å²) < 4.78 is 0. The largest absolute Gasteiger partial charge is 0.481 e. The molecule has 0 aliphatic rings. The van der Waals surface area contributed by atoms with E-state index < -0.39 is 16.8 Å². The van der Waals surface area contributed by atoms with E-state index in [0.29, 0.717) is 5.56 Å². The standard InChI is InChI=1S/C10H11NO5/c1-6(10(13)14)9-4-8(11(15)16)3-2-7(9)5-12/h2-4,6,12H,5H2,1H3,(H,13,14). The summed E-state index contributed by atoms with van der Waals surface area (Å²) in [6, 6.07) is 3.79. The van der Waals surface area contributed by atoms with E-state index in [2.05, 4.69) is 0 Å². The van der Waals surface area contributed by atoms with E-state index >= 15 is 0 Å². The normalized spacial score (nSPS) is 12.1. The maximum atomic E-state index is 10.8. The fourth-order valence-electron chi connectivity index (χ4n) is 1.38. The predicted molar refractivity (Wildman–Crippen MR) is 55.1 cm³/mol. The quantitative estimate of drug-likeness (QED) is 0.593. The number of benzene rings is 1. The van der Waals surface area contributed by atoms with Crippen LogP contribution in [0.2, 0.25) is 0 Å². The van der Waals surface area contributed by atoms with Gasteiger partial charge in [0.2, 0.25) is 0 Å². The fourth-order valence-corrected chi connectivity index (χ4v) is 1.38. The molecule has 0 fully saturated rings. The number of aliphatic hydroxyl groups excluding tert-OH is 1. The van der Waals surface area contributed by atoms with Gasteiger partial charge in [0, 0.05) is 12.1 Å². The Balaban J connectivity index is 3.27. The molecule has 0 aromatic heterocycles. The minimum absolute atomic E-state index is 0.180. The topological polar surface area (TPSA) is 101 Å². The lowest BCUT2D eigenvalue weighted by Crippen LogP contribution is -2.10. The van der Waals surface area contributed by atoms with Crippen molar-refractivity contribution in [3.63, 3.8) is 0 Å². The Kier molecular flexibility index (Phi) is 3.57. The van der Waals surface area contributed by atoms with Crippen molar-refractivity contribution in [2.45, 2.75) is 19.4 Å². The van der Waals surface area contributed by atoms with E-state index in [1.165, 1.54) is 25.1 Å². The molecule has 0 aliphatic heterocycles. The molecule has 16 heavy (non-hydrogen) atoms. The number of carboxylic acids is 1. The monoisotopic (exact) mass is 225 g/mol. The molecule has 0 bridgehead atoms. The molecule has 0 saturated carbocycles. The number of nitrogens with zero attached hydrogens (tertiary/aromatic N) is 1. The number of aliphatic hydroxyl groups is 1. The van der Waals surface area contributed by atoms with E-state index in [-0.39, 0.29) is 17.9 Å². The SMILES string of the molecule is CC(C(=O)O)c1cc([N+](=O)[O-])ccc1CO. The van der Waals surface area contributed by atoms with Crippen molar-refractivity contribution in [1.82, 2.24) is 0 Å². The highest BCUT2D eigenvalue weighted by Gasteiger charge is 2.20. The van der Waals surface area contributed by atoms with Gasteiger partial charge in [0.05, 0.1) is 17.4 Å². The Morgan fingerprint density at radius 2 is 2.19 bits per heavy atom. The second-order valence-corrected chi connectivity index (χ2v) is 3.36. The van der Waals surface area contributed by atoms with Gasteiger partial charge in [-0.1, -0.05) is 0 Å². The second-order valence-electron chi connectivity index (χ2n) is 3.36. The van der Waals surface area contributed by atoms with Crippen molar-refractivity contribution < 1.29 is 19.9 Å². The van der Waals surface area contributed by atoms with E-state index in [1.807, 2.05) is 0 Å². The molecule has 6 heteroatoms. The molecule has 86 valence electrons. The van der Waals surface area contributed by atoms with Crippen LogP contribution in [-0.4, -0.2) is 21.1 Å². The molecule has 1 atom stereocenters. The van der Waals surface area contributed by atoms with Crippen LogP contribution < -0.4 is 0 Å². The molecule has 0 aliphatic carbocycles. The maximum Gasteiger partial charge on any atom is 0.310 e. The summed E-state index contributed by atoms with van der Waals surface area (Å²) >= 11 is 0. The van der Waals surface area contributed by atoms with Gasteiger partial charge in [-0.3, -0.25) is 14.9 Å². The molecule has 6 nitrogen and oxygen atoms in total. The van der Waals surface area contributed by atoms with Crippen LogP contribution in [0, 0.1) is 10.1 Å². The second kappa shape index (κ2) is 4.71. The highest BCUT2D eigenvalue weighted by Crippen LogP contribution is 2.25. The van der Waals surface area contributed by atoms with Crippen LogP contribution in [0.1, 0.15) is 24.0 Å². The summed E-state index contributed by atoms with van der Waals surface area (Å²) in [5.74, 6) is -1.97. The summed E-state index contributed by atoms with van der Waals surface area (Å²) in [7, 11) is 0. The van der Waals surface area contributed by atoms with Crippen LogP contribution in [0.15, 0.2) is 18.2 Å². The Morgan fingerprint density at radius 3 is 2.62 bits per heavy atom. The summed E-state index contributed by atoms with van der Waals surface area (Å²) in [5.41, 5.74) is 0.477. The molecule has 0 saturated heterocycles. The Morgan fingerprint density at radius 1 is 1.56 bits per heavy atom. The van der Waals surface area contributed by atoms with Crippen LogP contribution in [0.4, 0.5) is 5.69 Å². The lowest BCUT2D eigenvalue weighted by atomic mass is 9.95. The number of hydrogen-bond donors (Lipinski definition) is 2. The Hall–Kier alpha value is -1.95. The van der Waals surface area contributed by atoms with Crippen LogP contribution >= 0.6 is 0 Å². The van der Waals surface area contributed by atoms with E-state index in [9.17, 15) is 14.9 Å². The molecule has 1 unspecified atom stereocenters.